The van der Waals surface area contributed by atoms with Gasteiger partial charge in [0, 0.05) is 5.56 Å². The summed E-state index contributed by atoms with van der Waals surface area (Å²) in [7, 11) is 0. The van der Waals surface area contributed by atoms with Gasteiger partial charge in [0.05, 0.1) is 11.1 Å². The molecule has 2 N–H and O–H groups in total. The summed E-state index contributed by atoms with van der Waals surface area (Å²) in [5, 5.41) is 18.7. The molecule has 0 fully saturated rings. The van der Waals surface area contributed by atoms with Crippen LogP contribution < -0.4 is 0 Å². The van der Waals surface area contributed by atoms with Crippen molar-refractivity contribution in [2.24, 2.45) is 0 Å². The van der Waals surface area contributed by atoms with Crippen LogP contribution in [-0.2, 0) is 9.53 Å². The second-order valence-electron chi connectivity index (χ2n) is 2.96. The molecule has 4 nitrogen and oxygen atoms in total. The Balaban J connectivity index is 3.05. The van der Waals surface area contributed by atoms with Crippen LogP contribution in [0.25, 0.3) is 0 Å². The maximum atomic E-state index is 13.5. The van der Waals surface area contributed by atoms with Crippen molar-refractivity contribution in [3.8, 4) is 5.75 Å². The summed E-state index contributed by atoms with van der Waals surface area (Å²) in [6.45, 7) is 1.67. The lowest BCUT2D eigenvalue weighted by molar-refractivity contribution is -0.153. The van der Waals surface area contributed by atoms with Gasteiger partial charge in [-0.25, -0.2) is 9.18 Å². The highest BCUT2D eigenvalue weighted by Crippen LogP contribution is 2.31. The molecule has 0 amide bonds. The van der Waals surface area contributed by atoms with Crippen molar-refractivity contribution in [1.82, 2.24) is 0 Å². The second-order valence-corrected chi connectivity index (χ2v) is 3.75. The van der Waals surface area contributed by atoms with Gasteiger partial charge in [-0.3, -0.25) is 0 Å². The Morgan fingerprint density at radius 3 is 2.81 bits per heavy atom. The van der Waals surface area contributed by atoms with Crippen LogP contribution in [0.2, 0.25) is 0 Å². The Bertz CT molecular complexity index is 408. The van der Waals surface area contributed by atoms with Crippen LogP contribution in [0.4, 0.5) is 4.39 Å². The minimum atomic E-state index is -1.70. The van der Waals surface area contributed by atoms with Crippen LogP contribution in [0, 0.1) is 5.82 Å². The van der Waals surface area contributed by atoms with Gasteiger partial charge in [0.2, 0.25) is 0 Å². The molecule has 0 spiro atoms. The highest BCUT2D eigenvalue weighted by Gasteiger charge is 2.24. The van der Waals surface area contributed by atoms with Crippen molar-refractivity contribution in [2.45, 2.75) is 13.0 Å². The fourth-order valence-corrected chi connectivity index (χ4v) is 1.47. The molecule has 0 radical (unpaired) electrons. The Labute approximate surface area is 99.8 Å². The van der Waals surface area contributed by atoms with Gasteiger partial charge in [0.15, 0.2) is 6.10 Å². The normalized spacial score (nSPS) is 12.2. The summed E-state index contributed by atoms with van der Waals surface area (Å²) in [5.74, 6) is -2.13. The SMILES string of the molecule is CCOC(=O)C(O)c1ccc(O)c(Br)c1F. The topological polar surface area (TPSA) is 66.8 Å². The van der Waals surface area contributed by atoms with Gasteiger partial charge in [0.1, 0.15) is 11.6 Å². The van der Waals surface area contributed by atoms with Crippen molar-refractivity contribution in [3.05, 3.63) is 28.0 Å². The predicted molar refractivity (Wildman–Crippen MR) is 57.4 cm³/mol. The molecule has 0 saturated heterocycles. The Hall–Kier alpha value is -1.14. The summed E-state index contributed by atoms with van der Waals surface area (Å²) in [6, 6.07) is 2.29. The van der Waals surface area contributed by atoms with Crippen molar-refractivity contribution in [3.63, 3.8) is 0 Å². The van der Waals surface area contributed by atoms with E-state index in [0.717, 1.165) is 6.07 Å². The zero-order valence-corrected chi connectivity index (χ0v) is 9.99. The maximum Gasteiger partial charge on any atom is 0.339 e. The van der Waals surface area contributed by atoms with E-state index in [1.165, 1.54) is 6.07 Å². The first-order valence-corrected chi connectivity index (χ1v) is 5.29. The van der Waals surface area contributed by atoms with Gasteiger partial charge in [0.25, 0.3) is 0 Å². The van der Waals surface area contributed by atoms with E-state index in [1.807, 2.05) is 0 Å². The molecule has 0 aromatic heterocycles. The molecule has 1 unspecified atom stereocenters. The van der Waals surface area contributed by atoms with Crippen LogP contribution in [0.3, 0.4) is 0 Å². The fraction of sp³-hybridized carbons (Fsp3) is 0.300. The monoisotopic (exact) mass is 292 g/mol. The lowest BCUT2D eigenvalue weighted by atomic mass is 10.1. The molecule has 16 heavy (non-hydrogen) atoms. The number of phenols is 1. The predicted octanol–water partition coefficient (Wildman–Crippen LogP) is 1.89. The van der Waals surface area contributed by atoms with E-state index >= 15 is 0 Å². The smallest absolute Gasteiger partial charge is 0.339 e. The third-order valence-electron chi connectivity index (χ3n) is 1.90. The first-order valence-electron chi connectivity index (χ1n) is 4.50. The Morgan fingerprint density at radius 2 is 2.25 bits per heavy atom. The summed E-state index contributed by atoms with van der Waals surface area (Å²) in [4.78, 5) is 11.2. The van der Waals surface area contributed by atoms with E-state index in [0.29, 0.717) is 0 Å². The van der Waals surface area contributed by atoms with Crippen LogP contribution >= 0.6 is 15.9 Å². The number of carbonyl (C=O) groups excluding carboxylic acids is 1. The number of aliphatic hydroxyl groups excluding tert-OH is 1. The largest absolute Gasteiger partial charge is 0.507 e. The van der Waals surface area contributed by atoms with Gasteiger partial charge < -0.3 is 14.9 Å². The van der Waals surface area contributed by atoms with E-state index < -0.39 is 17.9 Å². The molecular weight excluding hydrogens is 283 g/mol. The maximum absolute atomic E-state index is 13.5. The second kappa shape index (κ2) is 5.27. The molecular formula is C10H10BrFO4. The zero-order chi connectivity index (χ0) is 12.3. The lowest BCUT2D eigenvalue weighted by Crippen LogP contribution is -2.16. The van der Waals surface area contributed by atoms with E-state index in [4.69, 9.17) is 5.11 Å². The first-order chi connectivity index (χ1) is 7.49. The molecule has 1 rings (SSSR count). The average molecular weight is 293 g/mol. The minimum Gasteiger partial charge on any atom is -0.507 e. The number of ether oxygens (including phenoxy) is 1. The molecule has 1 aromatic rings. The molecule has 0 bridgehead atoms. The number of halogens is 2. The molecule has 0 aliphatic rings. The molecule has 1 aromatic carbocycles. The number of rotatable bonds is 3. The summed E-state index contributed by atoms with van der Waals surface area (Å²) >= 11 is 2.80. The number of hydrogen-bond donors (Lipinski definition) is 2. The van der Waals surface area contributed by atoms with E-state index in [2.05, 4.69) is 20.7 Å². The first kappa shape index (κ1) is 12.9. The number of phenolic OH excluding ortho intramolecular Hbond substituents is 1. The highest BCUT2D eigenvalue weighted by molar-refractivity contribution is 9.10. The molecule has 1 atom stereocenters. The third-order valence-corrected chi connectivity index (χ3v) is 2.65. The van der Waals surface area contributed by atoms with Gasteiger partial charge in [-0.1, -0.05) is 0 Å². The number of benzene rings is 1. The molecule has 0 saturated carbocycles. The lowest BCUT2D eigenvalue weighted by Gasteiger charge is -2.12. The number of aliphatic hydroxyl groups is 1. The Kier molecular flexibility index (Phi) is 4.26. The van der Waals surface area contributed by atoms with Gasteiger partial charge in [-0.05, 0) is 35.0 Å². The summed E-state index contributed by atoms with van der Waals surface area (Å²) in [6.07, 6.45) is -1.70. The van der Waals surface area contributed by atoms with Gasteiger partial charge >= 0.3 is 5.97 Å². The van der Waals surface area contributed by atoms with Crippen LogP contribution in [0.5, 0.6) is 5.75 Å². The third kappa shape index (κ3) is 2.51. The molecule has 0 heterocycles. The van der Waals surface area contributed by atoms with E-state index in [9.17, 15) is 14.3 Å². The van der Waals surface area contributed by atoms with Crippen LogP contribution in [-0.4, -0.2) is 22.8 Å². The Morgan fingerprint density at radius 1 is 1.62 bits per heavy atom. The van der Waals surface area contributed by atoms with E-state index in [1.54, 1.807) is 6.92 Å². The van der Waals surface area contributed by atoms with Gasteiger partial charge in [-0.15, -0.1) is 0 Å². The molecule has 6 heteroatoms. The molecule has 0 aliphatic carbocycles. The van der Waals surface area contributed by atoms with Crippen molar-refractivity contribution in [1.29, 1.82) is 0 Å². The number of carbonyl (C=O) groups is 1. The quantitative estimate of drug-likeness (QED) is 0.835. The standard InChI is InChI=1S/C10H10BrFO4/c1-2-16-10(15)9(14)5-3-4-6(13)7(11)8(5)12/h3-4,9,13-14H,2H2,1H3. The van der Waals surface area contributed by atoms with Crippen molar-refractivity contribution in [2.75, 3.05) is 6.61 Å². The highest BCUT2D eigenvalue weighted by atomic mass is 79.9. The minimum absolute atomic E-state index is 0.0940. The van der Waals surface area contributed by atoms with Gasteiger partial charge in [-0.2, -0.15) is 0 Å². The fourth-order valence-electron chi connectivity index (χ4n) is 1.11. The van der Waals surface area contributed by atoms with Crippen LogP contribution in [0.15, 0.2) is 16.6 Å². The zero-order valence-electron chi connectivity index (χ0n) is 8.41. The number of esters is 1. The number of aromatic hydroxyl groups is 1. The average Bonchev–Trinajstić information content (AvgIpc) is 2.26. The van der Waals surface area contributed by atoms with Crippen LogP contribution in [0.1, 0.15) is 18.6 Å². The summed E-state index contributed by atoms with van der Waals surface area (Å²) < 4.78 is 17.9. The molecule has 0 aliphatic heterocycles. The number of hydrogen-bond acceptors (Lipinski definition) is 4. The van der Waals surface area contributed by atoms with Crippen molar-refractivity contribution < 1.29 is 24.1 Å². The molecule has 88 valence electrons. The summed E-state index contributed by atoms with van der Waals surface area (Å²) in [5.41, 5.74) is -0.247. The van der Waals surface area contributed by atoms with Crippen molar-refractivity contribution >= 4 is 21.9 Å². The van der Waals surface area contributed by atoms with E-state index in [-0.39, 0.29) is 22.4 Å².